The zero-order valence-corrected chi connectivity index (χ0v) is 47.2. The summed E-state index contributed by atoms with van der Waals surface area (Å²) in [5.74, 6) is -2.03. The number of allylic oxidation sites excluding steroid dienone is 4. The van der Waals surface area contributed by atoms with E-state index >= 15 is 0 Å². The minimum absolute atomic E-state index is 0.101. The molecule has 4 aliphatic rings. The number of hydrogen-bond acceptors (Lipinski definition) is 8. The summed E-state index contributed by atoms with van der Waals surface area (Å²) in [7, 11) is 0. The van der Waals surface area contributed by atoms with Crippen LogP contribution in [0.5, 0.6) is 11.5 Å². The van der Waals surface area contributed by atoms with Crippen molar-refractivity contribution >= 4 is 80.6 Å². The number of amides is 4. The van der Waals surface area contributed by atoms with Crippen molar-refractivity contribution < 1.29 is 38.2 Å². The van der Waals surface area contributed by atoms with Gasteiger partial charge in [-0.1, -0.05) is 117 Å². The summed E-state index contributed by atoms with van der Waals surface area (Å²) in [5, 5.41) is 3.55. The summed E-state index contributed by atoms with van der Waals surface area (Å²) in [6.07, 6.45) is 13.5. The number of anilines is 2. The van der Waals surface area contributed by atoms with Crippen LogP contribution in [0.4, 0.5) is 11.4 Å². The molecule has 10 rings (SSSR count). The van der Waals surface area contributed by atoms with E-state index in [1.54, 1.807) is 38.1 Å². The van der Waals surface area contributed by atoms with Gasteiger partial charge in [-0.05, 0) is 208 Å². The number of imide groups is 2. The van der Waals surface area contributed by atoms with Crippen molar-refractivity contribution in [2.24, 2.45) is 5.92 Å². The molecular weight excluding hydrogens is 985 g/mol. The third-order valence-corrected chi connectivity index (χ3v) is 16.0. The van der Waals surface area contributed by atoms with E-state index in [4.69, 9.17) is 9.47 Å². The smallest absolute Gasteiger partial charge is 0.338 e. The first-order valence-corrected chi connectivity index (χ1v) is 27.7. The fourth-order valence-electron chi connectivity index (χ4n) is 11.7. The highest BCUT2D eigenvalue weighted by atomic mass is 16.5. The van der Waals surface area contributed by atoms with Crippen LogP contribution in [0.2, 0.25) is 0 Å². The molecule has 0 fully saturated rings. The van der Waals surface area contributed by atoms with Crippen LogP contribution in [0, 0.1) is 5.92 Å². The molecule has 10 nitrogen and oxygen atoms in total. The van der Waals surface area contributed by atoms with Gasteiger partial charge in [0.25, 0.3) is 23.6 Å². The molecule has 0 aromatic heterocycles. The molecule has 2 heterocycles. The highest BCUT2D eigenvalue weighted by molar-refractivity contribution is 6.37. The third-order valence-electron chi connectivity index (χ3n) is 16.0. The predicted octanol–water partition coefficient (Wildman–Crippen LogP) is 16.0. The number of esters is 2. The topological polar surface area (TPSA) is 127 Å². The molecule has 0 spiro atoms. The molecule has 10 heteroatoms. The molecule has 0 N–H and O–H groups in total. The number of nitrogens with zero attached hydrogens (tertiary/aromatic N) is 2. The van der Waals surface area contributed by atoms with Crippen molar-refractivity contribution in [3.8, 4) is 11.5 Å². The Morgan fingerprint density at radius 2 is 0.886 bits per heavy atom. The molecule has 4 amide bonds. The summed E-state index contributed by atoms with van der Waals surface area (Å²) >= 11 is 0. The largest absolute Gasteiger partial charge is 0.423 e. The van der Waals surface area contributed by atoms with Gasteiger partial charge in [0.1, 0.15) is 11.5 Å². The molecule has 2 aliphatic heterocycles. The summed E-state index contributed by atoms with van der Waals surface area (Å²) in [6, 6.07) is 23.2. The quantitative estimate of drug-likeness (QED) is 0.0574. The molecule has 1 unspecified atom stereocenters. The molecule has 6 aromatic carbocycles. The lowest BCUT2D eigenvalue weighted by atomic mass is 9.79. The molecule has 402 valence electrons. The third kappa shape index (κ3) is 9.91. The summed E-state index contributed by atoms with van der Waals surface area (Å²) in [4.78, 5) is 86.1. The average molecular weight is 1050 g/mol. The number of carbonyl (C=O) groups excluding carboxylic acids is 6. The van der Waals surface area contributed by atoms with Crippen molar-refractivity contribution in [3.63, 3.8) is 0 Å². The van der Waals surface area contributed by atoms with Crippen molar-refractivity contribution in [3.05, 3.63) is 187 Å². The molecule has 2 aliphatic carbocycles. The van der Waals surface area contributed by atoms with Gasteiger partial charge in [-0.2, -0.15) is 0 Å². The van der Waals surface area contributed by atoms with Crippen LogP contribution in [-0.2, 0) is 22.4 Å². The van der Waals surface area contributed by atoms with Crippen LogP contribution in [0.1, 0.15) is 205 Å². The maximum atomic E-state index is 14.6. The maximum absolute atomic E-state index is 14.6. The Labute approximate surface area is 463 Å². The Bertz CT molecular complexity index is 3760. The van der Waals surface area contributed by atoms with Gasteiger partial charge in [-0.25, -0.2) is 19.4 Å². The molecule has 0 bridgehead atoms. The molecule has 0 radical (unpaired) electrons. The lowest BCUT2D eigenvalue weighted by molar-refractivity contribution is -0.130. The van der Waals surface area contributed by atoms with E-state index in [1.807, 2.05) is 79.7 Å². The van der Waals surface area contributed by atoms with Crippen LogP contribution in [0.25, 0.3) is 33.7 Å². The first kappa shape index (κ1) is 54.1. The predicted molar refractivity (Wildman–Crippen MR) is 316 cm³/mol. The summed E-state index contributed by atoms with van der Waals surface area (Å²) in [6.45, 7) is 28.7. The van der Waals surface area contributed by atoms with Gasteiger partial charge in [0.05, 0.1) is 33.6 Å². The van der Waals surface area contributed by atoms with E-state index in [0.29, 0.717) is 45.1 Å². The lowest BCUT2D eigenvalue weighted by Gasteiger charge is -2.26. The van der Waals surface area contributed by atoms with Crippen molar-refractivity contribution in [2.45, 2.75) is 132 Å². The number of carbonyl (C=O) groups is 6. The molecule has 0 saturated heterocycles. The highest BCUT2D eigenvalue weighted by Gasteiger charge is 2.42. The lowest BCUT2D eigenvalue weighted by Crippen LogP contribution is -2.32. The van der Waals surface area contributed by atoms with Crippen LogP contribution in [-0.4, -0.2) is 35.6 Å². The van der Waals surface area contributed by atoms with Gasteiger partial charge < -0.3 is 9.47 Å². The Morgan fingerprint density at radius 1 is 0.506 bits per heavy atom. The van der Waals surface area contributed by atoms with E-state index in [9.17, 15) is 28.8 Å². The number of aryl methyl sites for hydroxylation is 1. The van der Waals surface area contributed by atoms with Gasteiger partial charge in [-0.3, -0.25) is 19.2 Å². The number of hydrogen-bond donors (Lipinski definition) is 0. The fraction of sp³-hybridized carbons (Fsp3) is 0.304. The highest BCUT2D eigenvalue weighted by Crippen LogP contribution is 2.46. The minimum atomic E-state index is -0.541. The van der Waals surface area contributed by atoms with Gasteiger partial charge in [0.2, 0.25) is 0 Å². The summed E-state index contributed by atoms with van der Waals surface area (Å²) in [5.41, 5.74) is 12.8. The normalized spacial score (nSPS) is 17.3. The van der Waals surface area contributed by atoms with Gasteiger partial charge in [-0.15, -0.1) is 0 Å². The SMILES string of the molecule is C=C(C)C(=O)Oc1cc(C(C)C)c(N2C(=O)c3cc4cc5c(cc4cc3C2=O)CC2CCCCc3cc4cc6c(cc4cc3/C=C(C)/C=C\C2=C5)C(=O)N(c2c(C(C)C)cc(OC(=O)C(=C)C)cc2C(C)C)C6=O)c(C(C)C)c1. The Balaban J connectivity index is 0.953. The van der Waals surface area contributed by atoms with E-state index in [0.717, 1.165) is 92.6 Å². The molecular formula is C69H68N2O8. The molecule has 79 heavy (non-hydrogen) atoms. The van der Waals surface area contributed by atoms with Gasteiger partial charge in [0, 0.05) is 11.1 Å². The standard InChI is InChI=1S/C69H68N2O8/c1-35(2)54-31-52(78-68(76)39(9)10)32-55(36(3)4)62(54)70-64(72)58-27-48-22-43-17-15-14-16-42-21-46-25-50-29-60-61(30-51(50)26-47(46)23-44(42)19-18-41(13)20-45(43)24-49(48)28-59(58)65(70)73)67(75)71(66(60)74)63-56(37(5)6)33-53(34-57(63)38(7)8)79-69(77)40(11)12/h18-20,22-38,42H,9,11,14-17,21H2,1-8,10,12-13H3/b19-18-,41-20+. The number of benzene rings is 6. The second-order valence-corrected chi connectivity index (χ2v) is 23.4. The second kappa shape index (κ2) is 20.9. The molecule has 6 aromatic rings. The van der Waals surface area contributed by atoms with E-state index in [-0.39, 0.29) is 64.4 Å². The van der Waals surface area contributed by atoms with Gasteiger partial charge in [0.15, 0.2) is 0 Å². The minimum Gasteiger partial charge on any atom is -0.423 e. The molecule has 1 atom stereocenters. The number of fused-ring (bicyclic) bond motifs is 7. The Hall–Kier alpha value is -8.24. The fourth-order valence-corrected chi connectivity index (χ4v) is 11.7. The number of ether oxygens (including phenoxy) is 2. The average Bonchev–Trinajstić information content (AvgIpc) is 4.05. The van der Waals surface area contributed by atoms with Crippen molar-refractivity contribution in [1.82, 2.24) is 0 Å². The van der Waals surface area contributed by atoms with Crippen molar-refractivity contribution in [2.75, 3.05) is 9.80 Å². The van der Waals surface area contributed by atoms with Crippen molar-refractivity contribution in [1.29, 1.82) is 0 Å². The zero-order valence-electron chi connectivity index (χ0n) is 47.2. The first-order chi connectivity index (χ1) is 37.5. The molecule has 0 saturated carbocycles. The first-order valence-electron chi connectivity index (χ1n) is 27.7. The van der Waals surface area contributed by atoms with Crippen LogP contribution < -0.4 is 19.3 Å². The van der Waals surface area contributed by atoms with E-state index in [2.05, 4.69) is 68.7 Å². The number of rotatable bonds is 10. The van der Waals surface area contributed by atoms with Crippen LogP contribution in [0.15, 0.2) is 120 Å². The van der Waals surface area contributed by atoms with E-state index in [1.165, 1.54) is 26.5 Å². The monoisotopic (exact) mass is 1050 g/mol. The summed E-state index contributed by atoms with van der Waals surface area (Å²) < 4.78 is 11.4. The second-order valence-electron chi connectivity index (χ2n) is 23.4. The Morgan fingerprint density at radius 3 is 1.28 bits per heavy atom. The van der Waals surface area contributed by atoms with Crippen LogP contribution >= 0.6 is 0 Å². The van der Waals surface area contributed by atoms with E-state index < -0.39 is 11.9 Å². The zero-order chi connectivity index (χ0) is 56.6. The maximum Gasteiger partial charge on any atom is 0.338 e. The van der Waals surface area contributed by atoms with Crippen LogP contribution in [0.3, 0.4) is 0 Å². The Kier molecular flexibility index (Phi) is 14.3. The van der Waals surface area contributed by atoms with Gasteiger partial charge >= 0.3 is 11.9 Å².